The minimum Gasteiger partial charge on any atom is -0.497 e. The van der Waals surface area contributed by atoms with Gasteiger partial charge in [-0.2, -0.15) is 0 Å². The van der Waals surface area contributed by atoms with E-state index < -0.39 is 0 Å². The predicted molar refractivity (Wildman–Crippen MR) is 115 cm³/mol. The fraction of sp³-hybridized carbons (Fsp3) is 0.261. The van der Waals surface area contributed by atoms with Crippen molar-refractivity contribution >= 4 is 11.7 Å². The Balaban J connectivity index is 1.77. The molecular formula is C23H26N4O2. The largest absolute Gasteiger partial charge is 0.497 e. The standard InChI is InChI=1S/C23H26N4O2/c1-16(2)25-23(28)20-15-21(27-22(26-20)18-7-5-4-6-8-18)24-14-13-17-9-11-19(29-3)12-10-17/h4-12,15-16H,13-14H2,1-3H3,(H,25,28)(H,24,26,27). The van der Waals surface area contributed by atoms with E-state index in [9.17, 15) is 4.79 Å². The van der Waals surface area contributed by atoms with Gasteiger partial charge in [-0.25, -0.2) is 9.97 Å². The van der Waals surface area contributed by atoms with Gasteiger partial charge < -0.3 is 15.4 Å². The molecule has 0 aliphatic carbocycles. The van der Waals surface area contributed by atoms with Crippen LogP contribution < -0.4 is 15.4 Å². The van der Waals surface area contributed by atoms with Gasteiger partial charge in [0.15, 0.2) is 5.82 Å². The van der Waals surface area contributed by atoms with Crippen molar-refractivity contribution in [1.82, 2.24) is 15.3 Å². The third-order valence-corrected chi connectivity index (χ3v) is 4.29. The molecule has 1 heterocycles. The Kier molecular flexibility index (Phi) is 6.79. The number of anilines is 1. The summed E-state index contributed by atoms with van der Waals surface area (Å²) < 4.78 is 5.19. The Hall–Kier alpha value is -3.41. The summed E-state index contributed by atoms with van der Waals surface area (Å²) in [5.41, 5.74) is 2.40. The van der Waals surface area contributed by atoms with E-state index in [-0.39, 0.29) is 11.9 Å². The highest BCUT2D eigenvalue weighted by Crippen LogP contribution is 2.18. The van der Waals surface area contributed by atoms with Gasteiger partial charge in [0.25, 0.3) is 5.91 Å². The number of amides is 1. The summed E-state index contributed by atoms with van der Waals surface area (Å²) in [7, 11) is 1.66. The second-order valence-electron chi connectivity index (χ2n) is 6.98. The molecule has 0 atom stereocenters. The number of hydrogen-bond acceptors (Lipinski definition) is 5. The average Bonchev–Trinajstić information content (AvgIpc) is 2.74. The van der Waals surface area contributed by atoms with Crippen LogP contribution in [-0.4, -0.2) is 35.6 Å². The first-order valence-electron chi connectivity index (χ1n) is 9.67. The smallest absolute Gasteiger partial charge is 0.270 e. The molecule has 3 rings (SSSR count). The first-order chi connectivity index (χ1) is 14.0. The molecule has 0 bridgehead atoms. The number of carbonyl (C=O) groups is 1. The number of benzene rings is 2. The molecule has 3 aromatic rings. The lowest BCUT2D eigenvalue weighted by atomic mass is 10.1. The number of aromatic nitrogens is 2. The second kappa shape index (κ2) is 9.68. The third-order valence-electron chi connectivity index (χ3n) is 4.29. The molecule has 2 N–H and O–H groups in total. The first kappa shape index (κ1) is 20.3. The SMILES string of the molecule is COc1ccc(CCNc2cc(C(=O)NC(C)C)nc(-c3ccccc3)n2)cc1. The molecule has 29 heavy (non-hydrogen) atoms. The van der Waals surface area contributed by atoms with Crippen molar-refractivity contribution in [3.05, 3.63) is 71.9 Å². The molecule has 0 unspecified atom stereocenters. The van der Waals surface area contributed by atoms with Gasteiger partial charge in [-0.15, -0.1) is 0 Å². The van der Waals surface area contributed by atoms with Crippen LogP contribution in [0.15, 0.2) is 60.7 Å². The number of methoxy groups -OCH3 is 1. The maximum Gasteiger partial charge on any atom is 0.270 e. The van der Waals surface area contributed by atoms with Gasteiger partial charge >= 0.3 is 0 Å². The van der Waals surface area contributed by atoms with E-state index in [0.29, 0.717) is 23.9 Å². The fourth-order valence-electron chi connectivity index (χ4n) is 2.83. The number of rotatable bonds is 8. The van der Waals surface area contributed by atoms with Crippen LogP contribution >= 0.6 is 0 Å². The molecule has 2 aromatic carbocycles. The van der Waals surface area contributed by atoms with Crippen molar-refractivity contribution in [1.29, 1.82) is 0 Å². The van der Waals surface area contributed by atoms with E-state index >= 15 is 0 Å². The van der Waals surface area contributed by atoms with Crippen LogP contribution in [0.1, 0.15) is 29.9 Å². The third kappa shape index (κ3) is 5.78. The highest BCUT2D eigenvalue weighted by Gasteiger charge is 2.13. The Morgan fingerprint density at radius 2 is 1.76 bits per heavy atom. The van der Waals surface area contributed by atoms with Crippen LogP contribution in [0.2, 0.25) is 0 Å². The lowest BCUT2D eigenvalue weighted by molar-refractivity contribution is 0.0938. The quantitative estimate of drug-likeness (QED) is 0.609. The summed E-state index contributed by atoms with van der Waals surface area (Å²) in [6.07, 6.45) is 0.822. The van der Waals surface area contributed by atoms with Crippen LogP contribution in [-0.2, 0) is 6.42 Å². The monoisotopic (exact) mass is 390 g/mol. The summed E-state index contributed by atoms with van der Waals surface area (Å²) in [5.74, 6) is 1.78. The molecule has 1 amide bonds. The number of ether oxygens (including phenoxy) is 1. The van der Waals surface area contributed by atoms with Crippen LogP contribution in [0.5, 0.6) is 5.75 Å². The van der Waals surface area contributed by atoms with Crippen molar-refractivity contribution in [2.24, 2.45) is 0 Å². The van der Waals surface area contributed by atoms with Crippen LogP contribution in [0, 0.1) is 0 Å². The molecule has 0 saturated heterocycles. The van der Waals surface area contributed by atoms with Gasteiger partial charge in [-0.1, -0.05) is 42.5 Å². The molecule has 0 aliphatic rings. The van der Waals surface area contributed by atoms with E-state index in [4.69, 9.17) is 4.74 Å². The minimum atomic E-state index is -0.210. The maximum absolute atomic E-state index is 12.5. The Morgan fingerprint density at radius 1 is 1.03 bits per heavy atom. The van der Waals surface area contributed by atoms with E-state index in [1.807, 2.05) is 68.4 Å². The van der Waals surface area contributed by atoms with E-state index in [0.717, 1.165) is 17.7 Å². The van der Waals surface area contributed by atoms with Gasteiger partial charge in [0.1, 0.15) is 17.3 Å². The second-order valence-corrected chi connectivity index (χ2v) is 6.98. The number of carbonyl (C=O) groups excluding carboxylic acids is 1. The molecule has 6 nitrogen and oxygen atoms in total. The van der Waals surface area contributed by atoms with E-state index in [1.54, 1.807) is 13.2 Å². The van der Waals surface area contributed by atoms with Gasteiger partial charge in [0.2, 0.25) is 0 Å². The molecular weight excluding hydrogens is 364 g/mol. The molecule has 150 valence electrons. The molecule has 1 aromatic heterocycles. The van der Waals surface area contributed by atoms with Gasteiger partial charge in [0, 0.05) is 24.2 Å². The molecule has 0 saturated carbocycles. The van der Waals surface area contributed by atoms with E-state index in [2.05, 4.69) is 20.6 Å². The average molecular weight is 390 g/mol. The fourth-order valence-corrected chi connectivity index (χ4v) is 2.83. The number of hydrogen-bond donors (Lipinski definition) is 2. The van der Waals surface area contributed by atoms with Crippen molar-refractivity contribution < 1.29 is 9.53 Å². The maximum atomic E-state index is 12.5. The molecule has 0 fully saturated rings. The summed E-state index contributed by atoms with van der Waals surface area (Å²) in [5, 5.41) is 6.21. The van der Waals surface area contributed by atoms with Crippen molar-refractivity contribution in [2.45, 2.75) is 26.3 Å². The number of nitrogens with one attached hydrogen (secondary N) is 2. The summed E-state index contributed by atoms with van der Waals surface area (Å²) in [4.78, 5) is 21.6. The predicted octanol–water partition coefficient (Wildman–Crippen LogP) is 3.95. The highest BCUT2D eigenvalue weighted by molar-refractivity contribution is 5.93. The minimum absolute atomic E-state index is 0.0316. The molecule has 0 spiro atoms. The lowest BCUT2D eigenvalue weighted by Gasteiger charge is -2.12. The van der Waals surface area contributed by atoms with Gasteiger partial charge in [-0.05, 0) is 38.0 Å². The molecule has 0 aliphatic heterocycles. The zero-order chi connectivity index (χ0) is 20.6. The van der Waals surface area contributed by atoms with Crippen molar-refractivity contribution in [3.8, 4) is 17.1 Å². The Labute approximate surface area is 171 Å². The molecule has 0 radical (unpaired) electrons. The number of nitrogens with zero attached hydrogens (tertiary/aromatic N) is 2. The summed E-state index contributed by atoms with van der Waals surface area (Å²) >= 11 is 0. The van der Waals surface area contributed by atoms with Gasteiger partial charge in [0.05, 0.1) is 7.11 Å². The summed E-state index contributed by atoms with van der Waals surface area (Å²) in [6, 6.07) is 19.3. The van der Waals surface area contributed by atoms with Crippen LogP contribution in [0.4, 0.5) is 5.82 Å². The van der Waals surface area contributed by atoms with Crippen molar-refractivity contribution in [2.75, 3.05) is 19.0 Å². The van der Waals surface area contributed by atoms with Gasteiger partial charge in [-0.3, -0.25) is 4.79 Å². The highest BCUT2D eigenvalue weighted by atomic mass is 16.5. The lowest BCUT2D eigenvalue weighted by Crippen LogP contribution is -2.31. The van der Waals surface area contributed by atoms with Crippen LogP contribution in [0.25, 0.3) is 11.4 Å². The Bertz CT molecular complexity index is 941. The molecule has 6 heteroatoms. The zero-order valence-electron chi connectivity index (χ0n) is 17.0. The van der Waals surface area contributed by atoms with Crippen LogP contribution in [0.3, 0.4) is 0 Å². The normalized spacial score (nSPS) is 10.6. The Morgan fingerprint density at radius 3 is 2.41 bits per heavy atom. The topological polar surface area (TPSA) is 76.1 Å². The zero-order valence-corrected chi connectivity index (χ0v) is 17.0. The summed E-state index contributed by atoms with van der Waals surface area (Å²) in [6.45, 7) is 4.53. The van der Waals surface area contributed by atoms with Crippen molar-refractivity contribution in [3.63, 3.8) is 0 Å². The first-order valence-corrected chi connectivity index (χ1v) is 9.67. The van der Waals surface area contributed by atoms with E-state index in [1.165, 1.54) is 5.56 Å².